The number of nitrogens with zero attached hydrogens (tertiary/aromatic N) is 2. The Morgan fingerprint density at radius 2 is 2.06 bits per heavy atom. The Kier molecular flexibility index (Phi) is 5.22. The van der Waals surface area contributed by atoms with E-state index in [2.05, 4.69) is 40.8 Å². The van der Waals surface area contributed by atoms with Gasteiger partial charge in [0.25, 0.3) is 0 Å². The lowest BCUT2D eigenvalue weighted by atomic mass is 9.87. The Hall–Kier alpha value is -0.380. The summed E-state index contributed by atoms with van der Waals surface area (Å²) in [6.07, 6.45) is 7.08. The van der Waals surface area contributed by atoms with E-state index in [1.807, 2.05) is 0 Å². The minimum absolute atomic E-state index is 0.528. The van der Waals surface area contributed by atoms with Crippen LogP contribution in [0.4, 0.5) is 0 Å². The summed E-state index contributed by atoms with van der Waals surface area (Å²) in [7, 11) is 0. The summed E-state index contributed by atoms with van der Waals surface area (Å²) in [5.41, 5.74) is 0. The first-order valence-electron chi connectivity index (χ1n) is 7.47. The molecular weight excluding hydrogens is 242 g/mol. The Labute approximate surface area is 116 Å². The molecule has 2 rings (SSSR count). The minimum Gasteiger partial charge on any atom is -0.357 e. The average Bonchev–Trinajstić information content (AvgIpc) is 2.39. The van der Waals surface area contributed by atoms with Gasteiger partial charge in [0.05, 0.1) is 0 Å². The number of nitrogens with one attached hydrogen (secondary N) is 1. The maximum Gasteiger partial charge on any atom is 0.193 e. The molecule has 1 heterocycles. The third-order valence-electron chi connectivity index (χ3n) is 3.96. The fourth-order valence-corrected chi connectivity index (χ4v) is 4.67. The highest BCUT2D eigenvalue weighted by Crippen LogP contribution is 2.42. The van der Waals surface area contributed by atoms with E-state index in [0.717, 1.165) is 25.6 Å². The quantitative estimate of drug-likeness (QED) is 0.617. The van der Waals surface area contributed by atoms with Gasteiger partial charge in [-0.05, 0) is 26.7 Å². The van der Waals surface area contributed by atoms with Crippen LogP contribution in [0.25, 0.3) is 0 Å². The Morgan fingerprint density at radius 1 is 1.28 bits per heavy atom. The molecule has 4 heteroatoms. The predicted octanol–water partition coefficient (Wildman–Crippen LogP) is 2.72. The van der Waals surface area contributed by atoms with Gasteiger partial charge in [-0.2, -0.15) is 11.8 Å². The van der Waals surface area contributed by atoms with Gasteiger partial charge >= 0.3 is 0 Å². The second-order valence-electron chi connectivity index (χ2n) is 5.34. The van der Waals surface area contributed by atoms with Gasteiger partial charge in [-0.15, -0.1) is 0 Å². The van der Waals surface area contributed by atoms with Crippen molar-refractivity contribution >= 4 is 17.7 Å². The highest BCUT2D eigenvalue weighted by molar-refractivity contribution is 8.00. The highest BCUT2D eigenvalue weighted by atomic mass is 32.2. The number of thioether (sulfide) groups is 1. The van der Waals surface area contributed by atoms with Crippen molar-refractivity contribution in [1.29, 1.82) is 0 Å². The molecular formula is C14H27N3S. The molecule has 2 aliphatic rings. The number of rotatable bonds is 2. The van der Waals surface area contributed by atoms with Crippen LogP contribution in [0.5, 0.6) is 0 Å². The lowest BCUT2D eigenvalue weighted by Gasteiger charge is -2.45. The molecule has 1 spiro atoms. The minimum atomic E-state index is 0.528. The van der Waals surface area contributed by atoms with Gasteiger partial charge < -0.3 is 10.2 Å². The maximum absolute atomic E-state index is 4.64. The molecule has 1 aliphatic heterocycles. The zero-order valence-corrected chi connectivity index (χ0v) is 12.7. The second-order valence-corrected chi connectivity index (χ2v) is 6.90. The largest absolute Gasteiger partial charge is 0.357 e. The van der Waals surface area contributed by atoms with E-state index < -0.39 is 0 Å². The Bertz CT molecular complexity index is 279. The summed E-state index contributed by atoms with van der Waals surface area (Å²) >= 11 is 2.22. The molecule has 0 radical (unpaired) electrons. The summed E-state index contributed by atoms with van der Waals surface area (Å²) in [4.78, 5) is 7.13. The van der Waals surface area contributed by atoms with Crippen molar-refractivity contribution in [3.63, 3.8) is 0 Å². The summed E-state index contributed by atoms with van der Waals surface area (Å²) in [5, 5.41) is 3.44. The molecule has 0 amide bonds. The molecule has 104 valence electrons. The summed E-state index contributed by atoms with van der Waals surface area (Å²) < 4.78 is 0.528. The standard InChI is InChI=1S/C14H27N3S/c1-3-15-13(16-4-2)17-10-11-18-14(12-17)8-6-5-7-9-14/h3-12H2,1-2H3,(H,15,16). The van der Waals surface area contributed by atoms with Crippen molar-refractivity contribution in [1.82, 2.24) is 10.2 Å². The van der Waals surface area contributed by atoms with Crippen molar-refractivity contribution in [3.8, 4) is 0 Å². The lowest BCUT2D eigenvalue weighted by Crippen LogP contribution is -2.53. The van der Waals surface area contributed by atoms with E-state index >= 15 is 0 Å². The highest BCUT2D eigenvalue weighted by Gasteiger charge is 2.38. The topological polar surface area (TPSA) is 27.6 Å². The third kappa shape index (κ3) is 3.34. The number of aliphatic imine (C=N–C) groups is 1. The van der Waals surface area contributed by atoms with Crippen LogP contribution in [0.15, 0.2) is 4.99 Å². The van der Waals surface area contributed by atoms with Crippen molar-refractivity contribution in [2.24, 2.45) is 4.99 Å². The Balaban J connectivity index is 2.02. The molecule has 0 aromatic carbocycles. The van der Waals surface area contributed by atoms with Gasteiger partial charge in [0.2, 0.25) is 0 Å². The fourth-order valence-electron chi connectivity index (χ4n) is 3.10. The third-order valence-corrected chi connectivity index (χ3v) is 5.49. The van der Waals surface area contributed by atoms with E-state index in [-0.39, 0.29) is 0 Å². The Morgan fingerprint density at radius 3 is 2.72 bits per heavy atom. The molecule has 1 aliphatic carbocycles. The van der Waals surface area contributed by atoms with Crippen molar-refractivity contribution in [2.75, 3.05) is 31.9 Å². The van der Waals surface area contributed by atoms with Crippen molar-refractivity contribution in [2.45, 2.75) is 50.7 Å². The van der Waals surface area contributed by atoms with Gasteiger partial charge in [0, 0.05) is 36.7 Å². The monoisotopic (exact) mass is 269 g/mol. The van der Waals surface area contributed by atoms with Crippen LogP contribution in [0.2, 0.25) is 0 Å². The van der Waals surface area contributed by atoms with Crippen LogP contribution >= 0.6 is 11.8 Å². The van der Waals surface area contributed by atoms with E-state index in [4.69, 9.17) is 0 Å². The van der Waals surface area contributed by atoms with Gasteiger partial charge in [0.15, 0.2) is 5.96 Å². The first-order valence-corrected chi connectivity index (χ1v) is 8.45. The molecule has 0 bridgehead atoms. The van der Waals surface area contributed by atoms with E-state index in [0.29, 0.717) is 4.75 Å². The van der Waals surface area contributed by atoms with Crippen molar-refractivity contribution in [3.05, 3.63) is 0 Å². The molecule has 0 aromatic heterocycles. The van der Waals surface area contributed by atoms with E-state index in [1.165, 1.54) is 44.4 Å². The van der Waals surface area contributed by atoms with E-state index in [1.54, 1.807) is 0 Å². The predicted molar refractivity (Wildman–Crippen MR) is 81.5 cm³/mol. The van der Waals surface area contributed by atoms with Crippen LogP contribution in [-0.4, -0.2) is 47.5 Å². The average molecular weight is 269 g/mol. The van der Waals surface area contributed by atoms with Gasteiger partial charge in [0.1, 0.15) is 0 Å². The van der Waals surface area contributed by atoms with Gasteiger partial charge in [-0.1, -0.05) is 19.3 Å². The zero-order chi connectivity index (χ0) is 12.8. The van der Waals surface area contributed by atoms with Crippen LogP contribution in [0, 0.1) is 0 Å². The molecule has 2 fully saturated rings. The molecule has 3 nitrogen and oxygen atoms in total. The number of hydrogen-bond donors (Lipinski definition) is 1. The SMILES string of the molecule is CCN=C(NCC)N1CCSC2(CCCCC2)C1. The van der Waals surface area contributed by atoms with Crippen LogP contribution in [0.3, 0.4) is 0 Å². The van der Waals surface area contributed by atoms with E-state index in [9.17, 15) is 0 Å². The number of hydrogen-bond acceptors (Lipinski definition) is 2. The second kappa shape index (κ2) is 6.69. The molecule has 18 heavy (non-hydrogen) atoms. The summed E-state index contributed by atoms with van der Waals surface area (Å²) in [6, 6.07) is 0. The lowest BCUT2D eigenvalue weighted by molar-refractivity contribution is 0.293. The molecule has 0 aromatic rings. The molecule has 0 atom stereocenters. The van der Waals surface area contributed by atoms with Crippen LogP contribution in [0.1, 0.15) is 46.0 Å². The fraction of sp³-hybridized carbons (Fsp3) is 0.929. The molecule has 0 unspecified atom stereocenters. The van der Waals surface area contributed by atoms with Crippen LogP contribution in [-0.2, 0) is 0 Å². The zero-order valence-electron chi connectivity index (χ0n) is 11.9. The van der Waals surface area contributed by atoms with Gasteiger partial charge in [-0.3, -0.25) is 4.99 Å². The smallest absolute Gasteiger partial charge is 0.193 e. The summed E-state index contributed by atoms with van der Waals surface area (Å²) in [5.74, 6) is 2.39. The number of guanidine groups is 1. The maximum atomic E-state index is 4.64. The van der Waals surface area contributed by atoms with Crippen LogP contribution < -0.4 is 5.32 Å². The molecule has 1 N–H and O–H groups in total. The summed E-state index contributed by atoms with van der Waals surface area (Å²) in [6.45, 7) is 8.46. The molecule has 1 saturated heterocycles. The first kappa shape index (κ1) is 14.0. The van der Waals surface area contributed by atoms with Gasteiger partial charge in [-0.25, -0.2) is 0 Å². The normalized spacial score (nSPS) is 24.3. The molecule has 1 saturated carbocycles. The van der Waals surface area contributed by atoms with Crippen molar-refractivity contribution < 1.29 is 0 Å². The first-order chi connectivity index (χ1) is 8.79.